The summed E-state index contributed by atoms with van der Waals surface area (Å²) < 4.78 is 5.65. The Morgan fingerprint density at radius 2 is 1.97 bits per heavy atom. The third kappa shape index (κ3) is 3.25. The maximum atomic E-state index is 13.3. The van der Waals surface area contributed by atoms with E-state index in [-0.39, 0.29) is 17.1 Å². The van der Waals surface area contributed by atoms with E-state index in [1.54, 1.807) is 30.3 Å². The molecule has 0 aliphatic carbocycles. The summed E-state index contributed by atoms with van der Waals surface area (Å²) >= 11 is 6.00. The molecule has 0 saturated carbocycles. The van der Waals surface area contributed by atoms with Gasteiger partial charge in [-0.15, -0.1) is 0 Å². The number of hydrogen-bond acceptors (Lipinski definition) is 5. The number of carbonyl (C=O) groups is 2. The Kier molecular flexibility index (Phi) is 4.80. The normalized spacial score (nSPS) is 16.8. The topological polar surface area (TPSA) is 91.0 Å². The summed E-state index contributed by atoms with van der Waals surface area (Å²) in [5, 5.41) is 21.6. The molecular formula is C22H18ClNO5. The van der Waals surface area contributed by atoms with Crippen LogP contribution in [0.5, 0.6) is 5.75 Å². The summed E-state index contributed by atoms with van der Waals surface area (Å²) in [5.41, 5.74) is 0.930. The highest BCUT2D eigenvalue weighted by Crippen LogP contribution is 2.40. The number of aliphatic hydroxyl groups is 1. The van der Waals surface area contributed by atoms with Gasteiger partial charge in [-0.2, -0.15) is 0 Å². The number of aliphatic hydroxyl groups excluding tert-OH is 1. The molecule has 1 aromatic heterocycles. The lowest BCUT2D eigenvalue weighted by Crippen LogP contribution is -2.31. The van der Waals surface area contributed by atoms with Gasteiger partial charge in [0, 0.05) is 17.0 Å². The van der Waals surface area contributed by atoms with E-state index < -0.39 is 23.5 Å². The molecule has 0 radical (unpaired) electrons. The van der Waals surface area contributed by atoms with Crippen molar-refractivity contribution in [3.05, 3.63) is 76.2 Å². The molecule has 7 heteroatoms. The van der Waals surface area contributed by atoms with Crippen LogP contribution >= 0.6 is 11.6 Å². The highest BCUT2D eigenvalue weighted by Gasteiger charge is 2.44. The van der Waals surface area contributed by atoms with Gasteiger partial charge in [-0.25, -0.2) is 0 Å². The van der Waals surface area contributed by atoms with Gasteiger partial charge >= 0.3 is 0 Å². The smallest absolute Gasteiger partial charge is 0.290 e. The largest absolute Gasteiger partial charge is 0.508 e. The number of phenolic OH excluding ortho intramolecular Hbond substituents is 1. The fraction of sp³-hybridized carbons (Fsp3) is 0.182. The van der Waals surface area contributed by atoms with Gasteiger partial charge in [0.25, 0.3) is 5.91 Å². The number of amides is 1. The summed E-state index contributed by atoms with van der Waals surface area (Å²) in [5.74, 6) is -1.81. The van der Waals surface area contributed by atoms with Crippen molar-refractivity contribution in [2.45, 2.75) is 19.4 Å². The fourth-order valence-electron chi connectivity index (χ4n) is 3.66. The van der Waals surface area contributed by atoms with Crippen LogP contribution in [0.3, 0.4) is 0 Å². The molecular weight excluding hydrogens is 394 g/mol. The summed E-state index contributed by atoms with van der Waals surface area (Å²) in [6, 6.07) is 12.0. The number of fused-ring (bicyclic) bond motifs is 1. The average Bonchev–Trinajstić information content (AvgIpc) is 3.22. The van der Waals surface area contributed by atoms with Gasteiger partial charge in [0.1, 0.15) is 11.3 Å². The van der Waals surface area contributed by atoms with Crippen molar-refractivity contribution in [3.8, 4) is 5.75 Å². The van der Waals surface area contributed by atoms with Crippen LogP contribution in [0.1, 0.15) is 35.5 Å². The molecule has 0 saturated heterocycles. The van der Waals surface area contributed by atoms with Crippen molar-refractivity contribution in [2.24, 2.45) is 0 Å². The third-order valence-electron chi connectivity index (χ3n) is 4.90. The number of halogens is 1. The van der Waals surface area contributed by atoms with E-state index in [1.807, 2.05) is 6.92 Å². The van der Waals surface area contributed by atoms with E-state index in [4.69, 9.17) is 16.0 Å². The monoisotopic (exact) mass is 411 g/mol. The Labute approximate surface area is 171 Å². The van der Waals surface area contributed by atoms with Crippen LogP contribution in [0.25, 0.3) is 11.0 Å². The second kappa shape index (κ2) is 7.29. The Bertz CT molecular complexity index is 1160. The van der Waals surface area contributed by atoms with Crippen molar-refractivity contribution in [2.75, 3.05) is 6.54 Å². The number of nitrogens with zero attached hydrogens (tertiary/aromatic N) is 1. The molecule has 2 aromatic carbocycles. The van der Waals surface area contributed by atoms with E-state index in [1.165, 1.54) is 23.1 Å². The van der Waals surface area contributed by atoms with Crippen LogP contribution in [0, 0.1) is 0 Å². The number of aromatic hydroxyl groups is 1. The molecule has 148 valence electrons. The van der Waals surface area contributed by atoms with Gasteiger partial charge in [-0.05, 0) is 48.4 Å². The minimum atomic E-state index is -0.821. The molecule has 1 aliphatic rings. The molecule has 29 heavy (non-hydrogen) atoms. The number of furan rings is 1. The first-order chi connectivity index (χ1) is 13.9. The molecule has 3 aromatic rings. The molecule has 1 aliphatic heterocycles. The van der Waals surface area contributed by atoms with Crippen LogP contribution in [0.2, 0.25) is 5.02 Å². The van der Waals surface area contributed by atoms with Crippen molar-refractivity contribution < 1.29 is 24.2 Å². The quantitative estimate of drug-likeness (QED) is 0.589. The first-order valence-electron chi connectivity index (χ1n) is 9.17. The standard InChI is InChI=1S/C22H18ClNO5/c1-2-8-24-19(12-4-3-5-15(25)10-12)18(21(27)22(24)28)20(26)17-11-13-9-14(23)6-7-16(13)29-17/h3-7,9-11,19,25,27H,2,8H2,1H3. The molecule has 1 amide bonds. The average molecular weight is 412 g/mol. The second-order valence-corrected chi connectivity index (χ2v) is 7.32. The lowest BCUT2D eigenvalue weighted by molar-refractivity contribution is -0.129. The van der Waals surface area contributed by atoms with Gasteiger partial charge < -0.3 is 19.5 Å². The van der Waals surface area contributed by atoms with Crippen molar-refractivity contribution in [1.29, 1.82) is 0 Å². The van der Waals surface area contributed by atoms with Crippen molar-refractivity contribution >= 4 is 34.3 Å². The minimum Gasteiger partial charge on any atom is -0.508 e. The number of rotatable bonds is 5. The van der Waals surface area contributed by atoms with Gasteiger partial charge in [0.2, 0.25) is 5.78 Å². The van der Waals surface area contributed by atoms with Gasteiger partial charge in [-0.3, -0.25) is 9.59 Å². The maximum Gasteiger partial charge on any atom is 0.290 e. The van der Waals surface area contributed by atoms with E-state index in [0.717, 1.165) is 0 Å². The molecule has 6 nitrogen and oxygen atoms in total. The second-order valence-electron chi connectivity index (χ2n) is 6.88. The van der Waals surface area contributed by atoms with Crippen molar-refractivity contribution in [1.82, 2.24) is 4.90 Å². The number of phenols is 1. The molecule has 1 unspecified atom stereocenters. The predicted octanol–water partition coefficient (Wildman–Crippen LogP) is 4.78. The van der Waals surface area contributed by atoms with Crippen LogP contribution < -0.4 is 0 Å². The molecule has 1 atom stereocenters. The van der Waals surface area contributed by atoms with E-state index in [2.05, 4.69) is 0 Å². The molecule has 2 N–H and O–H groups in total. The first kappa shape index (κ1) is 19.1. The zero-order chi connectivity index (χ0) is 20.7. The van der Waals surface area contributed by atoms with E-state index in [9.17, 15) is 19.8 Å². The number of Topliss-reactive ketones (excluding diaryl/α,β-unsaturated/α-hetero) is 1. The zero-order valence-corrected chi connectivity index (χ0v) is 16.3. The SMILES string of the molecule is CCCN1C(=O)C(O)=C(C(=O)c2cc3cc(Cl)ccc3o2)C1c1cccc(O)c1. The Balaban J connectivity index is 1.83. The Morgan fingerprint density at radius 3 is 2.69 bits per heavy atom. The number of hydrogen-bond donors (Lipinski definition) is 2. The van der Waals surface area contributed by atoms with Crippen LogP contribution in [0.15, 0.2) is 64.3 Å². The minimum absolute atomic E-state index is 0.000109. The summed E-state index contributed by atoms with van der Waals surface area (Å²) in [6.45, 7) is 2.24. The number of benzene rings is 2. The first-order valence-corrected chi connectivity index (χ1v) is 9.55. The summed E-state index contributed by atoms with van der Waals surface area (Å²) in [4.78, 5) is 27.4. The van der Waals surface area contributed by atoms with Gasteiger partial charge in [0.05, 0.1) is 11.6 Å². The molecule has 0 bridgehead atoms. The molecule has 0 spiro atoms. The van der Waals surface area contributed by atoms with Gasteiger partial charge in [-0.1, -0.05) is 30.7 Å². The Hall–Kier alpha value is -3.25. The third-order valence-corrected chi connectivity index (χ3v) is 5.14. The summed E-state index contributed by atoms with van der Waals surface area (Å²) in [6.07, 6.45) is 0.638. The van der Waals surface area contributed by atoms with Gasteiger partial charge in [0.15, 0.2) is 11.5 Å². The number of ketones is 1. The highest BCUT2D eigenvalue weighted by atomic mass is 35.5. The molecule has 2 heterocycles. The van der Waals surface area contributed by atoms with Crippen LogP contribution in [-0.4, -0.2) is 33.3 Å². The fourth-order valence-corrected chi connectivity index (χ4v) is 3.84. The lowest BCUT2D eigenvalue weighted by Gasteiger charge is -2.26. The van der Waals surface area contributed by atoms with Crippen molar-refractivity contribution in [3.63, 3.8) is 0 Å². The van der Waals surface area contributed by atoms with E-state index >= 15 is 0 Å². The zero-order valence-electron chi connectivity index (χ0n) is 15.6. The Morgan fingerprint density at radius 1 is 1.17 bits per heavy atom. The lowest BCUT2D eigenvalue weighted by atomic mass is 9.95. The number of carbonyl (C=O) groups excluding carboxylic acids is 2. The van der Waals surface area contributed by atoms with E-state index in [0.29, 0.717) is 34.5 Å². The van der Waals surface area contributed by atoms with Crippen LogP contribution in [-0.2, 0) is 4.79 Å². The maximum absolute atomic E-state index is 13.3. The van der Waals surface area contributed by atoms with Crippen LogP contribution in [0.4, 0.5) is 0 Å². The predicted molar refractivity (Wildman–Crippen MR) is 108 cm³/mol. The summed E-state index contributed by atoms with van der Waals surface area (Å²) in [7, 11) is 0. The molecule has 4 rings (SSSR count). The highest BCUT2D eigenvalue weighted by molar-refractivity contribution is 6.31. The molecule has 0 fully saturated rings.